The van der Waals surface area contributed by atoms with Crippen LogP contribution in [0, 0.1) is 0 Å². The lowest BCUT2D eigenvalue weighted by Gasteiger charge is -2.27. The van der Waals surface area contributed by atoms with E-state index in [0.29, 0.717) is 16.8 Å². The number of hydrogen-bond acceptors (Lipinski definition) is 13. The van der Waals surface area contributed by atoms with Crippen LogP contribution in [-0.2, 0) is 21.7 Å². The van der Waals surface area contributed by atoms with Crippen LogP contribution in [-0.4, -0.2) is 32.7 Å². The Bertz CT molecular complexity index is 7390. The minimum Gasteiger partial charge on any atom is -0.507 e. The number of nitrogens with two attached hydrogens (primary N) is 1. The first-order valence-electron chi connectivity index (χ1n) is 39.4. The summed E-state index contributed by atoms with van der Waals surface area (Å²) in [4.78, 5) is 26.7. The molecule has 6 aromatic heterocycles. The molecule has 0 aliphatic heterocycles. The molecule has 20 aromatic rings. The van der Waals surface area contributed by atoms with Gasteiger partial charge in [0.05, 0.1) is 31.7 Å². The summed E-state index contributed by atoms with van der Waals surface area (Å²) in [6, 6.07) is 91.1. The van der Waals surface area contributed by atoms with E-state index in [0.717, 1.165) is 208 Å². The van der Waals surface area contributed by atoms with Crippen LogP contribution >= 0.6 is 22.7 Å². The molecule has 14 aromatic carbocycles. The molecule has 0 amide bonds. The predicted octanol–water partition coefficient (Wildman–Crippen LogP) is 29.6. The second-order valence-corrected chi connectivity index (χ2v) is 36.4. The molecule has 0 atom stereocenters. The molecular weight excluding hydrogens is 1480 g/mol. The summed E-state index contributed by atoms with van der Waals surface area (Å²) in [5.41, 5.74) is 31.0. The average Bonchev–Trinajstić information content (AvgIpc) is 1.59. The van der Waals surface area contributed by atoms with E-state index in [2.05, 4.69) is 220 Å². The number of carbonyl (C=O) groups excluding carboxylic acids is 1. The molecule has 117 heavy (non-hydrogen) atoms. The molecule has 0 bridgehead atoms. The van der Waals surface area contributed by atoms with Gasteiger partial charge in [-0.2, -0.15) is 0 Å². The normalized spacial score (nSPS) is 12.4. The molecule has 0 aliphatic carbocycles. The number of aromatic hydroxyl groups is 2. The lowest BCUT2D eigenvalue weighted by Crippen LogP contribution is -2.17. The van der Waals surface area contributed by atoms with Crippen molar-refractivity contribution in [2.24, 2.45) is 4.99 Å². The van der Waals surface area contributed by atoms with E-state index in [1.165, 1.54) is 0 Å². The molecule has 20 rings (SSSR count). The number of carbonyl (C=O) groups is 1. The van der Waals surface area contributed by atoms with Gasteiger partial charge in [-0.15, -0.1) is 22.7 Å². The molecule has 0 fully saturated rings. The Kier molecular flexibility index (Phi) is 18.6. The topological polar surface area (TPSA) is 174 Å². The van der Waals surface area contributed by atoms with E-state index in [-0.39, 0.29) is 33.2 Å². The van der Waals surface area contributed by atoms with Gasteiger partial charge in [0, 0.05) is 116 Å². The van der Waals surface area contributed by atoms with Crippen LogP contribution in [0.3, 0.4) is 0 Å². The van der Waals surface area contributed by atoms with Crippen LogP contribution in [0.5, 0.6) is 11.5 Å². The number of fused-ring (bicyclic) bond motifs is 14. The molecule has 0 aliphatic rings. The predicted molar refractivity (Wildman–Crippen MR) is 489 cm³/mol. The fraction of sp³-hybridized carbons (Fsp3) is 0.154. The van der Waals surface area contributed by atoms with Gasteiger partial charge in [-0.25, -0.2) is 9.97 Å². The molecule has 0 spiro atoms. The number of anilines is 1. The zero-order chi connectivity index (χ0) is 81.1. The molecule has 0 saturated heterocycles. The van der Waals surface area contributed by atoms with Gasteiger partial charge in [0.25, 0.3) is 0 Å². The fourth-order valence-corrected chi connectivity index (χ4v) is 18.1. The summed E-state index contributed by atoms with van der Waals surface area (Å²) in [5, 5.41) is 32.1. The van der Waals surface area contributed by atoms with Gasteiger partial charge in [0.15, 0.2) is 6.29 Å². The number of phenolic OH excluding ortho intramolecular Hbond substituents is 2. The van der Waals surface area contributed by atoms with E-state index < -0.39 is 0 Å². The summed E-state index contributed by atoms with van der Waals surface area (Å²) in [5.74, 6) is 0.374. The third-order valence-corrected chi connectivity index (χ3v) is 24.3. The van der Waals surface area contributed by atoms with Crippen molar-refractivity contribution in [2.45, 2.75) is 105 Å². The highest BCUT2D eigenvalue weighted by Gasteiger charge is 2.29. The fourth-order valence-electron chi connectivity index (χ4n) is 16.0. The summed E-state index contributed by atoms with van der Waals surface area (Å²) in [7, 11) is 0. The summed E-state index contributed by atoms with van der Waals surface area (Å²) >= 11 is 3.29. The minimum absolute atomic E-state index is 0.0362. The van der Waals surface area contributed by atoms with Crippen LogP contribution in [0.15, 0.2) is 290 Å². The number of thiazole rings is 2. The molecule has 0 radical (unpaired) electrons. The van der Waals surface area contributed by atoms with Crippen molar-refractivity contribution in [2.75, 3.05) is 5.73 Å². The largest absolute Gasteiger partial charge is 0.507 e. The second kappa shape index (κ2) is 29.0. The van der Waals surface area contributed by atoms with E-state index >= 15 is 0 Å². The van der Waals surface area contributed by atoms with Gasteiger partial charge in [-0.05, 0) is 129 Å². The van der Waals surface area contributed by atoms with E-state index in [1.807, 2.05) is 124 Å². The van der Waals surface area contributed by atoms with Gasteiger partial charge in [-0.1, -0.05) is 265 Å². The Morgan fingerprint density at radius 1 is 0.342 bits per heavy atom. The standard InChI is InChI=1S/C52H42N2O3S.C37H22N2O2S.C15H22O2/c1-51(2,3)32-25-31(47(55)41(28-32)52(4,5)6)29-53-42-22-10-7-17-39(42)50-54-46-40(38-21-14-20-37-35-16-9-12-24-44(35)57-49(37)38)26-30(27-45(46)58-50)33-18-13-19-36-34-15-8-11-23-43(34)56-48(33)36;38-30-16-4-1-11-28(30)37-39-34-29(27-15-8-14-26-24-10-3-6-18-32(24)41-36(26)27)19-21(20-33(34)42-37)22-12-7-13-25-23-9-2-5-17-31(23)40-35(22)25;1-14(2,3)11-7-10(9-16)13(17)12(8-11)15(4,5)6/h7-29,55H,1-6H3;1-20H,38H2;7-9,17H,1-6H3. The zero-order valence-corrected chi connectivity index (χ0v) is 68.9. The zero-order valence-electron chi connectivity index (χ0n) is 67.2. The summed E-state index contributed by atoms with van der Waals surface area (Å²) < 4.78 is 28.2. The van der Waals surface area contributed by atoms with E-state index in [1.54, 1.807) is 35.0 Å². The highest BCUT2D eigenvalue weighted by molar-refractivity contribution is 7.22. The van der Waals surface area contributed by atoms with Crippen molar-refractivity contribution >= 4 is 155 Å². The van der Waals surface area contributed by atoms with Crippen molar-refractivity contribution in [1.29, 1.82) is 0 Å². The highest BCUT2D eigenvalue weighted by atomic mass is 32.1. The quantitative estimate of drug-likeness (QED) is 0.0717. The van der Waals surface area contributed by atoms with Crippen LogP contribution in [0.25, 0.3) is 174 Å². The van der Waals surface area contributed by atoms with Gasteiger partial charge in [0.2, 0.25) is 0 Å². The Balaban J connectivity index is 0.000000139. The molecule has 11 nitrogen and oxygen atoms in total. The lowest BCUT2D eigenvalue weighted by molar-refractivity contribution is 0.112. The average molecular weight is 1570 g/mol. The van der Waals surface area contributed by atoms with Crippen molar-refractivity contribution < 1.29 is 32.7 Å². The number of aromatic nitrogens is 2. The number of rotatable bonds is 9. The first-order chi connectivity index (χ1) is 56.2. The smallest absolute Gasteiger partial charge is 0.153 e. The Hall–Kier alpha value is -13.2. The number of aldehydes is 1. The van der Waals surface area contributed by atoms with Crippen LogP contribution in [0.2, 0.25) is 0 Å². The molecular formula is C104H86N4O7S2. The molecule has 6 heterocycles. The molecule has 0 unspecified atom stereocenters. The molecule has 0 saturated carbocycles. The van der Waals surface area contributed by atoms with Crippen molar-refractivity contribution in [3.05, 3.63) is 300 Å². The monoisotopic (exact) mass is 1570 g/mol. The van der Waals surface area contributed by atoms with E-state index in [9.17, 15) is 15.0 Å². The number of nitrogens with zero attached hydrogens (tertiary/aromatic N) is 3. The molecule has 4 N–H and O–H groups in total. The van der Waals surface area contributed by atoms with Crippen molar-refractivity contribution in [3.8, 4) is 77.1 Å². The lowest BCUT2D eigenvalue weighted by atomic mass is 9.79. The third-order valence-electron chi connectivity index (χ3n) is 22.2. The number of furan rings is 4. The molecule has 576 valence electrons. The van der Waals surface area contributed by atoms with Crippen LogP contribution < -0.4 is 5.73 Å². The number of nitrogen functional groups attached to an aromatic ring is 1. The maximum atomic E-state index is 11.5. The second-order valence-electron chi connectivity index (χ2n) is 34.3. The number of phenols is 2. The highest BCUT2D eigenvalue weighted by Crippen LogP contribution is 2.50. The van der Waals surface area contributed by atoms with Crippen LogP contribution in [0.4, 0.5) is 11.4 Å². The first kappa shape index (κ1) is 75.2. The van der Waals surface area contributed by atoms with Crippen molar-refractivity contribution in [1.82, 2.24) is 9.97 Å². The Morgan fingerprint density at radius 2 is 0.675 bits per heavy atom. The van der Waals surface area contributed by atoms with Gasteiger partial charge >= 0.3 is 0 Å². The maximum absolute atomic E-state index is 11.5. The van der Waals surface area contributed by atoms with Crippen LogP contribution in [0.1, 0.15) is 121 Å². The first-order valence-corrected chi connectivity index (χ1v) is 41.1. The van der Waals surface area contributed by atoms with Gasteiger partial charge in [0.1, 0.15) is 66.2 Å². The SMILES string of the molecule is CC(C)(C)c1cc(C=Nc2ccccc2-c2nc3c(-c4cccc5c4oc4ccccc45)cc(-c4cccc5c4oc4ccccc45)cc3s2)c(O)c(C(C)(C)C)c1.CC(C)(C)c1cc(C=O)c(O)c(C(C)(C)C)c1.Nc1ccccc1-c1nc2c(-c3cccc4c3oc3ccccc34)cc(-c3cccc4c3oc3ccccc34)cc2s1. The Labute approximate surface area is 685 Å². The number of benzene rings is 14. The summed E-state index contributed by atoms with van der Waals surface area (Å²) in [6.07, 6.45) is 2.52. The third kappa shape index (κ3) is 13.7. The van der Waals surface area contributed by atoms with E-state index in [4.69, 9.17) is 38.4 Å². The van der Waals surface area contributed by atoms with Gasteiger partial charge in [-0.3, -0.25) is 9.79 Å². The Morgan fingerprint density at radius 3 is 1.08 bits per heavy atom. The van der Waals surface area contributed by atoms with Crippen molar-refractivity contribution in [3.63, 3.8) is 0 Å². The number of aliphatic imine (C=N–C) groups is 1. The maximum Gasteiger partial charge on any atom is 0.153 e. The summed E-state index contributed by atoms with van der Waals surface area (Å²) in [6.45, 7) is 25.4. The van der Waals surface area contributed by atoms with Gasteiger partial charge < -0.3 is 33.6 Å². The number of para-hydroxylation sites is 10. The minimum atomic E-state index is -0.244. The molecule has 13 heteroatoms. The number of hydrogen-bond donors (Lipinski definition) is 3.